The first-order valence-corrected chi connectivity index (χ1v) is 9.97. The first kappa shape index (κ1) is 20.4. The molecule has 0 saturated carbocycles. The minimum Gasteiger partial charge on any atom is -0.465 e. The van der Waals surface area contributed by atoms with Crippen molar-refractivity contribution in [1.82, 2.24) is 0 Å². The van der Waals surface area contributed by atoms with Crippen LogP contribution in [0.2, 0.25) is 0 Å². The number of ether oxygens (including phenoxy) is 1. The summed E-state index contributed by atoms with van der Waals surface area (Å²) in [5, 5.41) is 0. The molecule has 0 aromatic heterocycles. The van der Waals surface area contributed by atoms with Crippen molar-refractivity contribution in [3.8, 4) is 0 Å². The first-order chi connectivity index (χ1) is 13.2. The lowest BCUT2D eigenvalue weighted by Gasteiger charge is -2.39. The van der Waals surface area contributed by atoms with Crippen molar-refractivity contribution in [3.05, 3.63) is 46.9 Å². The van der Waals surface area contributed by atoms with Crippen molar-refractivity contribution in [1.29, 1.82) is 0 Å². The highest BCUT2D eigenvalue weighted by atomic mass is 19.1. The maximum absolute atomic E-state index is 14.0. The molecule has 0 fully saturated rings. The van der Waals surface area contributed by atoms with Gasteiger partial charge in [0.2, 0.25) is 0 Å². The number of unbranched alkanes of at least 4 members (excludes halogenated alkanes) is 1. The van der Waals surface area contributed by atoms with E-state index < -0.39 is 17.8 Å². The fourth-order valence-corrected chi connectivity index (χ4v) is 4.22. The number of esters is 1. The topological polar surface area (TPSA) is 55.7 Å². The molecule has 0 N–H and O–H groups in total. The first-order valence-electron chi connectivity index (χ1n) is 9.97. The van der Waals surface area contributed by atoms with Crippen LogP contribution in [0.1, 0.15) is 64.9 Å². The van der Waals surface area contributed by atoms with Crippen molar-refractivity contribution in [3.63, 3.8) is 0 Å². The second kappa shape index (κ2) is 7.98. The third-order valence-electron chi connectivity index (χ3n) is 5.51. The standard InChI is InChI=1S/C23H28FNO3/c1-5-6-10-28-22(27)19-14(2)25-17-12-23(3,4)13-18(26)21(17)20(19)15-8-7-9-16(24)11-15/h7-9,11,19-20H,5-6,10,12-13H2,1-4H3/t19?,20-/m0/s1. The Bertz CT molecular complexity index is 853. The summed E-state index contributed by atoms with van der Waals surface area (Å²) < 4.78 is 19.5. The number of hydrogen-bond acceptors (Lipinski definition) is 4. The van der Waals surface area contributed by atoms with Crippen LogP contribution in [0.5, 0.6) is 0 Å². The molecule has 150 valence electrons. The summed E-state index contributed by atoms with van der Waals surface area (Å²) in [5.41, 5.74) is 2.34. The van der Waals surface area contributed by atoms with E-state index in [0.29, 0.717) is 36.3 Å². The maximum atomic E-state index is 14.0. The summed E-state index contributed by atoms with van der Waals surface area (Å²) >= 11 is 0. The molecule has 1 aliphatic carbocycles. The molecular weight excluding hydrogens is 357 g/mol. The largest absolute Gasteiger partial charge is 0.465 e. The summed E-state index contributed by atoms with van der Waals surface area (Å²) in [4.78, 5) is 30.7. The molecule has 1 aromatic carbocycles. The van der Waals surface area contributed by atoms with E-state index in [2.05, 4.69) is 4.99 Å². The van der Waals surface area contributed by atoms with Crippen LogP contribution in [0.15, 0.2) is 40.5 Å². The monoisotopic (exact) mass is 385 g/mol. The molecule has 1 aromatic rings. The van der Waals surface area contributed by atoms with Gasteiger partial charge in [0.25, 0.3) is 0 Å². The van der Waals surface area contributed by atoms with Gasteiger partial charge in [0, 0.05) is 29.3 Å². The molecule has 1 aliphatic heterocycles. The van der Waals surface area contributed by atoms with Crippen LogP contribution in [0, 0.1) is 17.2 Å². The Balaban J connectivity index is 2.08. The summed E-state index contributed by atoms with van der Waals surface area (Å²) in [7, 11) is 0. The van der Waals surface area contributed by atoms with Crippen molar-refractivity contribution in [2.75, 3.05) is 6.61 Å². The van der Waals surface area contributed by atoms with Gasteiger partial charge in [0.1, 0.15) is 11.7 Å². The number of ketones is 1. The van der Waals surface area contributed by atoms with Gasteiger partial charge in [0.05, 0.1) is 6.61 Å². The number of rotatable bonds is 5. The lowest BCUT2D eigenvalue weighted by molar-refractivity contribution is -0.146. The lowest BCUT2D eigenvalue weighted by atomic mass is 9.67. The number of carbonyl (C=O) groups is 2. The Morgan fingerprint density at radius 1 is 1.32 bits per heavy atom. The molecule has 28 heavy (non-hydrogen) atoms. The molecule has 3 rings (SSSR count). The molecule has 1 unspecified atom stereocenters. The highest BCUT2D eigenvalue weighted by Crippen LogP contribution is 2.47. The molecule has 0 bridgehead atoms. The van der Waals surface area contributed by atoms with Gasteiger partial charge in [-0.3, -0.25) is 14.6 Å². The quantitative estimate of drug-likeness (QED) is 0.530. The van der Waals surface area contributed by atoms with Gasteiger partial charge < -0.3 is 4.74 Å². The third-order valence-corrected chi connectivity index (χ3v) is 5.51. The number of carbonyl (C=O) groups excluding carboxylic acids is 2. The maximum Gasteiger partial charge on any atom is 0.315 e. The van der Waals surface area contributed by atoms with Gasteiger partial charge in [-0.1, -0.05) is 39.3 Å². The van der Waals surface area contributed by atoms with Crippen LogP contribution in [-0.2, 0) is 14.3 Å². The zero-order valence-corrected chi connectivity index (χ0v) is 17.0. The minimum atomic E-state index is -0.706. The van der Waals surface area contributed by atoms with Crippen molar-refractivity contribution >= 4 is 17.5 Å². The van der Waals surface area contributed by atoms with Crippen molar-refractivity contribution in [2.24, 2.45) is 16.3 Å². The average molecular weight is 385 g/mol. The number of benzene rings is 1. The normalized spacial score (nSPS) is 23.9. The molecular formula is C23H28FNO3. The van der Waals surface area contributed by atoms with Crippen molar-refractivity contribution < 1.29 is 18.7 Å². The van der Waals surface area contributed by atoms with Gasteiger partial charge in [-0.2, -0.15) is 0 Å². The Labute approximate surface area is 165 Å². The molecule has 0 radical (unpaired) electrons. The highest BCUT2D eigenvalue weighted by molar-refractivity contribution is 6.09. The molecule has 0 saturated heterocycles. The molecule has 0 spiro atoms. The molecule has 1 heterocycles. The number of Topliss-reactive ketones (excluding diaryl/α,β-unsaturated/α-hetero) is 1. The summed E-state index contributed by atoms with van der Waals surface area (Å²) in [6.45, 7) is 8.25. The number of aliphatic imine (C=N–C) groups is 1. The number of halogens is 1. The van der Waals surface area contributed by atoms with E-state index in [-0.39, 0.29) is 17.0 Å². The van der Waals surface area contributed by atoms with Gasteiger partial charge in [-0.25, -0.2) is 4.39 Å². The van der Waals surface area contributed by atoms with Gasteiger partial charge >= 0.3 is 5.97 Å². The Hall–Kier alpha value is -2.30. The number of allylic oxidation sites excluding steroid dienone is 2. The second-order valence-corrected chi connectivity index (χ2v) is 8.59. The van der Waals surface area contributed by atoms with E-state index in [1.807, 2.05) is 20.8 Å². The number of hydrogen-bond donors (Lipinski definition) is 0. The zero-order valence-electron chi connectivity index (χ0n) is 17.0. The van der Waals surface area contributed by atoms with Crippen LogP contribution in [0.4, 0.5) is 4.39 Å². The van der Waals surface area contributed by atoms with E-state index in [1.165, 1.54) is 12.1 Å². The predicted octanol–water partition coefficient (Wildman–Crippen LogP) is 4.99. The lowest BCUT2D eigenvalue weighted by Crippen LogP contribution is -2.39. The fourth-order valence-electron chi connectivity index (χ4n) is 4.22. The van der Waals surface area contributed by atoms with Crippen LogP contribution < -0.4 is 0 Å². The SMILES string of the molecule is CCCCOC(=O)C1C(C)=NC2=C(C(=O)CC(C)(C)C2)[C@H]1c1cccc(F)c1. The third kappa shape index (κ3) is 4.08. The Morgan fingerprint density at radius 3 is 2.75 bits per heavy atom. The minimum absolute atomic E-state index is 0.0110. The second-order valence-electron chi connectivity index (χ2n) is 8.59. The predicted molar refractivity (Wildman–Crippen MR) is 107 cm³/mol. The Kier molecular flexibility index (Phi) is 5.82. The summed E-state index contributed by atoms with van der Waals surface area (Å²) in [6, 6.07) is 6.16. The number of nitrogens with zero attached hydrogens (tertiary/aromatic N) is 1. The van der Waals surface area contributed by atoms with E-state index in [4.69, 9.17) is 4.74 Å². The Morgan fingerprint density at radius 2 is 2.07 bits per heavy atom. The van der Waals surface area contributed by atoms with E-state index in [9.17, 15) is 14.0 Å². The summed E-state index contributed by atoms with van der Waals surface area (Å²) in [6.07, 6.45) is 2.75. The molecule has 2 atom stereocenters. The molecule has 0 amide bonds. The van der Waals surface area contributed by atoms with Crippen molar-refractivity contribution in [2.45, 2.75) is 59.3 Å². The molecule has 5 heteroatoms. The van der Waals surface area contributed by atoms with E-state index >= 15 is 0 Å². The average Bonchev–Trinajstić information content (AvgIpc) is 2.59. The molecule has 2 aliphatic rings. The van der Waals surface area contributed by atoms with E-state index in [1.54, 1.807) is 19.1 Å². The zero-order chi connectivity index (χ0) is 20.5. The van der Waals surface area contributed by atoms with Gasteiger partial charge in [0.15, 0.2) is 5.78 Å². The highest BCUT2D eigenvalue weighted by Gasteiger charge is 2.46. The van der Waals surface area contributed by atoms with Crippen LogP contribution in [0.3, 0.4) is 0 Å². The molecule has 4 nitrogen and oxygen atoms in total. The van der Waals surface area contributed by atoms with Gasteiger partial charge in [-0.15, -0.1) is 0 Å². The van der Waals surface area contributed by atoms with Crippen LogP contribution in [0.25, 0.3) is 0 Å². The van der Waals surface area contributed by atoms with Crippen LogP contribution in [-0.4, -0.2) is 24.1 Å². The fraction of sp³-hybridized carbons (Fsp3) is 0.522. The summed E-state index contributed by atoms with van der Waals surface area (Å²) in [5.74, 6) is -2.05. The van der Waals surface area contributed by atoms with Gasteiger partial charge in [-0.05, 0) is 42.9 Å². The van der Waals surface area contributed by atoms with Crippen LogP contribution >= 0.6 is 0 Å². The smallest absolute Gasteiger partial charge is 0.315 e. The van der Waals surface area contributed by atoms with E-state index in [0.717, 1.165) is 18.5 Å².